The number of thiocarbonyl (C=S) groups is 1. The molecule has 0 saturated heterocycles. The SMILES string of the molecule is CCOC(=O)c1sc(NC(=S)Nc2nc3c(s2)CC(C)CC3)c(C(=O)OCC)c1C. The number of esters is 2. The Morgan fingerprint density at radius 2 is 1.87 bits per heavy atom. The first-order valence-corrected chi connectivity index (χ1v) is 11.9. The molecule has 0 aliphatic heterocycles. The molecule has 2 N–H and O–H groups in total. The summed E-state index contributed by atoms with van der Waals surface area (Å²) in [5, 5.41) is 7.63. The van der Waals surface area contributed by atoms with E-state index in [0.717, 1.165) is 41.4 Å². The number of ether oxygens (including phenoxy) is 2. The number of anilines is 2. The number of hydrogen-bond donors (Lipinski definition) is 2. The van der Waals surface area contributed by atoms with Crippen LogP contribution in [-0.4, -0.2) is 35.2 Å². The Morgan fingerprint density at radius 3 is 2.57 bits per heavy atom. The summed E-state index contributed by atoms with van der Waals surface area (Å²) < 4.78 is 10.3. The molecule has 3 rings (SSSR count). The van der Waals surface area contributed by atoms with Crippen molar-refractivity contribution in [2.45, 2.75) is 47.0 Å². The van der Waals surface area contributed by atoms with Crippen molar-refractivity contribution in [3.8, 4) is 0 Å². The third kappa shape index (κ3) is 4.98. The number of thiazole rings is 1. The average molecular weight is 468 g/mol. The summed E-state index contributed by atoms with van der Waals surface area (Å²) in [5.74, 6) is -0.316. The first-order chi connectivity index (χ1) is 14.3. The lowest BCUT2D eigenvalue weighted by atomic mass is 9.93. The van der Waals surface area contributed by atoms with E-state index in [0.29, 0.717) is 32.0 Å². The summed E-state index contributed by atoms with van der Waals surface area (Å²) in [6.45, 7) is 7.90. The number of aryl methyl sites for hydroxylation is 1. The second-order valence-electron chi connectivity index (χ2n) is 7.02. The molecule has 7 nitrogen and oxygen atoms in total. The van der Waals surface area contributed by atoms with Crippen LogP contribution >= 0.6 is 34.9 Å². The zero-order chi connectivity index (χ0) is 21.8. The molecule has 2 heterocycles. The van der Waals surface area contributed by atoms with Crippen molar-refractivity contribution in [3.05, 3.63) is 26.6 Å². The third-order valence-corrected chi connectivity index (χ3v) is 7.15. The van der Waals surface area contributed by atoms with E-state index in [9.17, 15) is 9.59 Å². The van der Waals surface area contributed by atoms with Crippen molar-refractivity contribution < 1.29 is 19.1 Å². The number of thiophene rings is 1. The number of rotatable bonds is 6. The molecule has 162 valence electrons. The molecule has 0 spiro atoms. The topological polar surface area (TPSA) is 89.5 Å². The maximum Gasteiger partial charge on any atom is 0.348 e. The van der Waals surface area contributed by atoms with Gasteiger partial charge in [0.15, 0.2) is 10.2 Å². The number of nitrogens with zero attached hydrogens (tertiary/aromatic N) is 1. The van der Waals surface area contributed by atoms with Crippen molar-refractivity contribution in [3.63, 3.8) is 0 Å². The van der Waals surface area contributed by atoms with Crippen LogP contribution in [0.4, 0.5) is 10.1 Å². The predicted molar refractivity (Wildman–Crippen MR) is 124 cm³/mol. The maximum atomic E-state index is 12.5. The minimum Gasteiger partial charge on any atom is -0.462 e. The highest BCUT2D eigenvalue weighted by Gasteiger charge is 2.27. The van der Waals surface area contributed by atoms with E-state index < -0.39 is 11.9 Å². The molecule has 0 fully saturated rings. The van der Waals surface area contributed by atoms with Crippen LogP contribution in [0.25, 0.3) is 0 Å². The molecule has 10 heteroatoms. The van der Waals surface area contributed by atoms with Crippen molar-refractivity contribution in [1.82, 2.24) is 4.98 Å². The lowest BCUT2D eigenvalue weighted by Gasteiger charge is -2.15. The summed E-state index contributed by atoms with van der Waals surface area (Å²) in [7, 11) is 0. The summed E-state index contributed by atoms with van der Waals surface area (Å²) >= 11 is 8.17. The van der Waals surface area contributed by atoms with Gasteiger partial charge in [-0.1, -0.05) is 6.92 Å². The first kappa shape index (κ1) is 22.6. The van der Waals surface area contributed by atoms with E-state index >= 15 is 0 Å². The molecule has 1 aliphatic carbocycles. The molecule has 2 aromatic rings. The van der Waals surface area contributed by atoms with Crippen molar-refractivity contribution >= 4 is 62.1 Å². The van der Waals surface area contributed by atoms with Crippen molar-refractivity contribution in [1.29, 1.82) is 0 Å². The van der Waals surface area contributed by atoms with E-state index in [-0.39, 0.29) is 13.2 Å². The summed E-state index contributed by atoms with van der Waals surface area (Å²) in [6, 6.07) is 0. The van der Waals surface area contributed by atoms with Crippen molar-refractivity contribution in [2.75, 3.05) is 23.8 Å². The van der Waals surface area contributed by atoms with Gasteiger partial charge in [-0.25, -0.2) is 14.6 Å². The average Bonchev–Trinajstić information content (AvgIpc) is 3.21. The summed E-state index contributed by atoms with van der Waals surface area (Å²) in [5.41, 5.74) is 1.94. The maximum absolute atomic E-state index is 12.5. The van der Waals surface area contributed by atoms with E-state index in [2.05, 4.69) is 22.5 Å². The van der Waals surface area contributed by atoms with Crippen LogP contribution in [0.2, 0.25) is 0 Å². The molecule has 0 amide bonds. The second kappa shape index (κ2) is 9.84. The van der Waals surface area contributed by atoms with Gasteiger partial charge in [-0.3, -0.25) is 0 Å². The molecule has 2 aromatic heterocycles. The Morgan fingerprint density at radius 1 is 1.17 bits per heavy atom. The zero-order valence-electron chi connectivity index (χ0n) is 17.4. The van der Waals surface area contributed by atoms with Gasteiger partial charge in [0.1, 0.15) is 9.88 Å². The van der Waals surface area contributed by atoms with Gasteiger partial charge in [0.2, 0.25) is 0 Å². The van der Waals surface area contributed by atoms with Gasteiger partial charge in [-0.05, 0) is 63.7 Å². The lowest BCUT2D eigenvalue weighted by Crippen LogP contribution is -2.20. The molecular weight excluding hydrogens is 442 g/mol. The fourth-order valence-corrected chi connectivity index (χ4v) is 5.86. The van der Waals surface area contributed by atoms with Crippen LogP contribution in [0.15, 0.2) is 0 Å². The molecule has 1 atom stereocenters. The first-order valence-electron chi connectivity index (χ1n) is 9.88. The molecule has 0 saturated carbocycles. The Balaban J connectivity index is 1.80. The van der Waals surface area contributed by atoms with Crippen LogP contribution in [0, 0.1) is 12.8 Å². The monoisotopic (exact) mass is 467 g/mol. The highest BCUT2D eigenvalue weighted by atomic mass is 32.1. The second-order valence-corrected chi connectivity index (χ2v) is 9.53. The van der Waals surface area contributed by atoms with E-state index in [1.54, 1.807) is 32.1 Å². The zero-order valence-corrected chi connectivity index (χ0v) is 19.9. The van der Waals surface area contributed by atoms with E-state index in [1.807, 2.05) is 0 Å². The number of aromatic nitrogens is 1. The van der Waals surface area contributed by atoms with Gasteiger partial charge in [-0.2, -0.15) is 0 Å². The van der Waals surface area contributed by atoms with Gasteiger partial charge in [-0.15, -0.1) is 22.7 Å². The number of carbonyl (C=O) groups is 2. The lowest BCUT2D eigenvalue weighted by molar-refractivity contribution is 0.0527. The Hall–Kier alpha value is -2.04. The molecule has 0 aromatic carbocycles. The summed E-state index contributed by atoms with van der Waals surface area (Å²) in [6.07, 6.45) is 3.16. The third-order valence-electron chi connectivity index (χ3n) is 4.72. The van der Waals surface area contributed by atoms with Gasteiger partial charge >= 0.3 is 11.9 Å². The van der Waals surface area contributed by atoms with Crippen LogP contribution < -0.4 is 10.6 Å². The highest BCUT2D eigenvalue weighted by Crippen LogP contribution is 2.35. The van der Waals surface area contributed by atoms with Gasteiger partial charge < -0.3 is 20.1 Å². The van der Waals surface area contributed by atoms with E-state index in [4.69, 9.17) is 21.7 Å². The van der Waals surface area contributed by atoms with Crippen LogP contribution in [0.5, 0.6) is 0 Å². The summed E-state index contributed by atoms with van der Waals surface area (Å²) in [4.78, 5) is 31.1. The predicted octanol–water partition coefficient (Wildman–Crippen LogP) is 4.80. The van der Waals surface area contributed by atoms with Crippen molar-refractivity contribution in [2.24, 2.45) is 5.92 Å². The normalized spacial score (nSPS) is 15.3. The number of carbonyl (C=O) groups excluding carboxylic acids is 2. The van der Waals surface area contributed by atoms with Gasteiger partial charge in [0.25, 0.3) is 0 Å². The van der Waals surface area contributed by atoms with Gasteiger partial charge in [0.05, 0.1) is 24.5 Å². The molecule has 0 radical (unpaired) electrons. The quantitative estimate of drug-likeness (QED) is 0.463. The molecule has 1 unspecified atom stereocenters. The largest absolute Gasteiger partial charge is 0.462 e. The highest BCUT2D eigenvalue weighted by molar-refractivity contribution is 7.80. The number of nitrogens with one attached hydrogen (secondary N) is 2. The Labute approximate surface area is 189 Å². The molecule has 1 aliphatic rings. The minimum absolute atomic E-state index is 0.230. The Bertz CT molecular complexity index is 967. The number of hydrogen-bond acceptors (Lipinski definition) is 8. The van der Waals surface area contributed by atoms with Crippen LogP contribution in [-0.2, 0) is 22.3 Å². The fourth-order valence-electron chi connectivity index (χ4n) is 3.27. The smallest absolute Gasteiger partial charge is 0.348 e. The fraction of sp³-hybridized carbons (Fsp3) is 0.500. The van der Waals surface area contributed by atoms with E-state index in [1.165, 1.54) is 4.88 Å². The molecule has 30 heavy (non-hydrogen) atoms. The minimum atomic E-state index is -0.509. The molecule has 0 bridgehead atoms. The number of fused-ring (bicyclic) bond motifs is 1. The van der Waals surface area contributed by atoms with Crippen LogP contribution in [0.1, 0.15) is 63.4 Å². The van der Waals surface area contributed by atoms with Gasteiger partial charge in [0, 0.05) is 4.88 Å². The molecular formula is C20H25N3O4S3. The van der Waals surface area contributed by atoms with Crippen LogP contribution in [0.3, 0.4) is 0 Å². The Kier molecular flexibility index (Phi) is 7.43. The standard InChI is InChI=1S/C20H25N3O4S3/c1-5-26-17(24)14-11(4)15(18(25)27-6-2)30-16(14)22-19(28)23-20-21-12-8-7-10(3)9-13(12)29-20/h10H,5-9H2,1-4H3,(H2,21,22,23,28).